The molecule has 15 heteroatoms. The van der Waals surface area contributed by atoms with Gasteiger partial charge in [0, 0.05) is 62.3 Å². The van der Waals surface area contributed by atoms with Crippen molar-refractivity contribution in [2.24, 2.45) is 13.0 Å². The monoisotopic (exact) mass is 583 g/mol. The highest BCUT2D eigenvalue weighted by atomic mass is 19.4. The molecule has 1 aliphatic rings. The van der Waals surface area contributed by atoms with E-state index in [0.717, 1.165) is 22.5 Å². The molecule has 1 N–H and O–H groups in total. The van der Waals surface area contributed by atoms with Crippen LogP contribution >= 0.6 is 0 Å². The highest BCUT2D eigenvalue weighted by Crippen LogP contribution is 2.32. The second kappa shape index (κ2) is 12.4. The average Bonchev–Trinajstić information content (AvgIpc) is 3.62. The van der Waals surface area contributed by atoms with Gasteiger partial charge in [-0.05, 0) is 24.1 Å². The van der Waals surface area contributed by atoms with Gasteiger partial charge in [0.05, 0.1) is 23.5 Å². The number of hydrogen-bond acceptors (Lipinski definition) is 9. The van der Waals surface area contributed by atoms with Gasteiger partial charge in [0.1, 0.15) is 23.7 Å². The number of aldehydes is 1. The van der Waals surface area contributed by atoms with E-state index >= 15 is 0 Å². The summed E-state index contributed by atoms with van der Waals surface area (Å²) < 4.78 is 34.6. The Labute approximate surface area is 238 Å². The second-order valence-corrected chi connectivity index (χ2v) is 9.95. The summed E-state index contributed by atoms with van der Waals surface area (Å²) in [5, 5.41) is 32.3. The van der Waals surface area contributed by atoms with Crippen molar-refractivity contribution in [1.82, 2.24) is 34.5 Å². The fraction of sp³-hybridized carbons (Fsp3) is 0.370. The van der Waals surface area contributed by atoms with Crippen molar-refractivity contribution in [3.05, 3.63) is 48.5 Å². The minimum absolute atomic E-state index is 0.110. The van der Waals surface area contributed by atoms with Crippen LogP contribution in [0.1, 0.15) is 19.4 Å². The van der Waals surface area contributed by atoms with Crippen LogP contribution in [0.25, 0.3) is 27.9 Å². The second-order valence-electron chi connectivity index (χ2n) is 9.95. The smallest absolute Gasteiger partial charge is 0.383 e. The zero-order valence-electron chi connectivity index (χ0n) is 23.0. The van der Waals surface area contributed by atoms with Crippen LogP contribution in [0.15, 0.2) is 43.0 Å². The Bertz CT molecular complexity index is 1600. The molecule has 4 aromatic heterocycles. The van der Waals surface area contributed by atoms with E-state index in [2.05, 4.69) is 26.4 Å². The van der Waals surface area contributed by atoms with E-state index in [9.17, 15) is 28.3 Å². The lowest BCUT2D eigenvalue weighted by Gasteiger charge is -2.36. The number of amides is 1. The van der Waals surface area contributed by atoms with Crippen LogP contribution in [-0.4, -0.2) is 90.3 Å². The molecule has 12 nitrogen and oxygen atoms in total. The van der Waals surface area contributed by atoms with Gasteiger partial charge in [0.15, 0.2) is 0 Å². The van der Waals surface area contributed by atoms with Crippen LogP contribution in [0.3, 0.4) is 0 Å². The number of nitrogens with zero attached hydrogens (tertiary/aromatic N) is 9. The van der Waals surface area contributed by atoms with Crippen molar-refractivity contribution in [2.75, 3.05) is 31.1 Å². The predicted octanol–water partition coefficient (Wildman–Crippen LogP) is 2.48. The molecular weight excluding hydrogens is 555 g/mol. The maximum absolute atomic E-state index is 12.5. The Morgan fingerprint density at radius 1 is 1.12 bits per heavy atom. The molecule has 5 heterocycles. The molecule has 0 spiro atoms. The van der Waals surface area contributed by atoms with Gasteiger partial charge < -0.3 is 14.9 Å². The Hall–Kier alpha value is -4.84. The number of aryl methyl sites for hydroxylation is 1. The number of anilines is 1. The van der Waals surface area contributed by atoms with Crippen LogP contribution < -0.4 is 4.90 Å². The number of aromatic nitrogens is 6. The van der Waals surface area contributed by atoms with Crippen LogP contribution in [0.2, 0.25) is 0 Å². The SMILES string of the molecule is CC(C)[C@@H](O)C(=O)N1CCN(c2ccc(-c3cc(-c4cn(C)nn4)cn4ncc(C#N)c34)cn2)CC1.O=CC(F)(F)F. The van der Waals surface area contributed by atoms with Crippen LogP contribution in [0.4, 0.5) is 19.0 Å². The molecule has 1 fully saturated rings. The third-order valence-electron chi connectivity index (χ3n) is 6.62. The Kier molecular flexibility index (Phi) is 8.86. The fourth-order valence-electron chi connectivity index (χ4n) is 4.40. The lowest BCUT2D eigenvalue weighted by molar-refractivity contribution is -0.156. The maximum Gasteiger partial charge on any atom is 0.446 e. The Balaban J connectivity index is 0.000000612. The maximum atomic E-state index is 12.5. The van der Waals surface area contributed by atoms with Gasteiger partial charge in [-0.25, -0.2) is 9.50 Å². The average molecular weight is 584 g/mol. The molecule has 0 unspecified atom stereocenters. The summed E-state index contributed by atoms with van der Waals surface area (Å²) in [6, 6.07) is 8.12. The Morgan fingerprint density at radius 3 is 2.33 bits per heavy atom. The first-order valence-electron chi connectivity index (χ1n) is 12.9. The van der Waals surface area contributed by atoms with Gasteiger partial charge in [0.25, 0.3) is 5.91 Å². The number of hydrogen-bond donors (Lipinski definition) is 1. The number of aliphatic hydroxyl groups is 1. The molecule has 0 aromatic carbocycles. The van der Waals surface area contributed by atoms with Gasteiger partial charge in [-0.15, -0.1) is 5.10 Å². The summed E-state index contributed by atoms with van der Waals surface area (Å²) in [5.41, 5.74) is 4.38. The molecular formula is C27H28F3N9O3. The standard InChI is InChI=1S/C25H27N9O2.C2HF3O/c1-16(2)24(35)25(36)33-8-6-32(7-9-33)22-5-4-17(12-27-22)20-10-18(21-15-31(3)30-29-21)14-34-23(20)19(11-26)13-28-34;3-2(4,5)1-6/h4-5,10,12-16,24,35H,6-9H2,1-3H3;1H/t24-;/m1./s1. The summed E-state index contributed by atoms with van der Waals surface area (Å²) >= 11 is 0. The van der Waals surface area contributed by atoms with Crippen molar-refractivity contribution < 1.29 is 27.9 Å². The number of nitriles is 1. The third-order valence-corrected chi connectivity index (χ3v) is 6.62. The Morgan fingerprint density at radius 2 is 1.81 bits per heavy atom. The van der Waals surface area contributed by atoms with Gasteiger partial charge in [-0.3, -0.25) is 14.3 Å². The van der Waals surface area contributed by atoms with E-state index in [1.54, 1.807) is 26.5 Å². The normalized spacial score (nSPS) is 14.4. The zero-order chi connectivity index (χ0) is 30.6. The molecule has 1 amide bonds. The van der Waals surface area contributed by atoms with E-state index in [-0.39, 0.29) is 11.8 Å². The zero-order valence-corrected chi connectivity index (χ0v) is 23.0. The fourth-order valence-corrected chi connectivity index (χ4v) is 4.40. The number of rotatable bonds is 5. The van der Waals surface area contributed by atoms with Crippen molar-refractivity contribution in [3.63, 3.8) is 0 Å². The van der Waals surface area contributed by atoms with E-state index in [4.69, 9.17) is 9.78 Å². The number of alkyl halides is 3. The summed E-state index contributed by atoms with van der Waals surface area (Å²) in [5.74, 6) is 0.487. The molecule has 0 radical (unpaired) electrons. The van der Waals surface area contributed by atoms with Crippen molar-refractivity contribution in [1.29, 1.82) is 5.26 Å². The van der Waals surface area contributed by atoms with E-state index < -0.39 is 18.6 Å². The molecule has 220 valence electrons. The lowest BCUT2D eigenvalue weighted by atomic mass is 10.0. The van der Waals surface area contributed by atoms with Gasteiger partial charge in [0.2, 0.25) is 6.29 Å². The summed E-state index contributed by atoms with van der Waals surface area (Å²) in [7, 11) is 1.81. The van der Waals surface area contributed by atoms with E-state index in [1.165, 1.54) is 0 Å². The first kappa shape index (κ1) is 30.1. The number of aliphatic hydroxyl groups excluding tert-OH is 1. The first-order valence-corrected chi connectivity index (χ1v) is 12.9. The van der Waals surface area contributed by atoms with Crippen molar-refractivity contribution in [2.45, 2.75) is 26.1 Å². The molecule has 42 heavy (non-hydrogen) atoms. The third kappa shape index (κ3) is 6.72. The highest BCUT2D eigenvalue weighted by molar-refractivity contribution is 5.87. The van der Waals surface area contributed by atoms with Crippen molar-refractivity contribution >= 4 is 23.5 Å². The molecule has 1 saturated heterocycles. The molecule has 0 bridgehead atoms. The van der Waals surface area contributed by atoms with Gasteiger partial charge >= 0.3 is 6.18 Å². The minimum atomic E-state index is -4.64. The molecule has 1 aliphatic heterocycles. The van der Waals surface area contributed by atoms with Gasteiger partial charge in [-0.2, -0.15) is 23.5 Å². The first-order chi connectivity index (χ1) is 19.9. The number of fused-ring (bicyclic) bond motifs is 1. The quantitative estimate of drug-likeness (QED) is 0.350. The number of piperazine rings is 1. The predicted molar refractivity (Wildman–Crippen MR) is 145 cm³/mol. The number of carbonyl (C=O) groups is 2. The van der Waals surface area contributed by atoms with Crippen molar-refractivity contribution in [3.8, 4) is 28.5 Å². The molecule has 0 saturated carbocycles. The molecule has 5 rings (SSSR count). The lowest BCUT2D eigenvalue weighted by Crippen LogP contribution is -2.52. The summed E-state index contributed by atoms with van der Waals surface area (Å²) in [4.78, 5) is 29.7. The summed E-state index contributed by atoms with van der Waals surface area (Å²) in [6.45, 7) is 6.02. The van der Waals surface area contributed by atoms with E-state index in [0.29, 0.717) is 43.0 Å². The number of halogens is 3. The topological polar surface area (TPSA) is 146 Å². The minimum Gasteiger partial charge on any atom is -0.383 e. The largest absolute Gasteiger partial charge is 0.446 e. The summed E-state index contributed by atoms with van der Waals surface area (Å²) in [6.07, 6.45) is 0.337. The van der Waals surface area contributed by atoms with Gasteiger partial charge in [-0.1, -0.05) is 19.1 Å². The van der Waals surface area contributed by atoms with Crippen LogP contribution in [0, 0.1) is 17.2 Å². The number of carbonyl (C=O) groups excluding carboxylic acids is 2. The highest BCUT2D eigenvalue weighted by Gasteiger charge is 2.28. The number of pyridine rings is 2. The molecule has 1 atom stereocenters. The molecule has 4 aromatic rings. The molecule has 0 aliphatic carbocycles. The van der Waals surface area contributed by atoms with Crippen LogP contribution in [0.5, 0.6) is 0 Å². The van der Waals surface area contributed by atoms with E-state index in [1.807, 2.05) is 51.5 Å². The van der Waals surface area contributed by atoms with Crippen LogP contribution in [-0.2, 0) is 16.6 Å².